The summed E-state index contributed by atoms with van der Waals surface area (Å²) in [5, 5.41) is 2.98. The van der Waals surface area contributed by atoms with Gasteiger partial charge < -0.3 is 15.1 Å². The molecule has 6 heteroatoms. The Kier molecular flexibility index (Phi) is 6.62. The molecule has 1 aromatic carbocycles. The Morgan fingerprint density at radius 1 is 1.07 bits per heavy atom. The van der Waals surface area contributed by atoms with Crippen molar-refractivity contribution in [3.63, 3.8) is 0 Å². The lowest BCUT2D eigenvalue weighted by Crippen LogP contribution is -2.62. The van der Waals surface area contributed by atoms with Crippen LogP contribution in [0.3, 0.4) is 0 Å². The second-order valence-electron chi connectivity index (χ2n) is 8.43. The van der Waals surface area contributed by atoms with Gasteiger partial charge in [-0.05, 0) is 36.1 Å². The molecule has 1 aromatic heterocycles. The van der Waals surface area contributed by atoms with Crippen LogP contribution < -0.4 is 5.32 Å². The standard InChI is InChI=1S/C24H30N4O2/c29-23(13-12-19-7-4-5-8-19)27-17-22(18-27)28(16-20-9-6-14-25-15-20)24(30)26-21-10-2-1-3-11-21/h1-3,6,9-11,14-15,19,22H,4-5,7-8,12-13,16-18H2,(H,26,30). The maximum Gasteiger partial charge on any atom is 0.322 e. The van der Waals surface area contributed by atoms with Crippen LogP contribution in [0.2, 0.25) is 0 Å². The zero-order valence-corrected chi connectivity index (χ0v) is 17.4. The second kappa shape index (κ2) is 9.74. The third-order valence-electron chi connectivity index (χ3n) is 6.26. The van der Waals surface area contributed by atoms with Gasteiger partial charge in [0.15, 0.2) is 0 Å². The number of benzene rings is 1. The van der Waals surface area contributed by atoms with E-state index >= 15 is 0 Å². The number of rotatable bonds is 7. The largest absolute Gasteiger partial charge is 0.338 e. The summed E-state index contributed by atoms with van der Waals surface area (Å²) in [6, 6.07) is 13.2. The monoisotopic (exact) mass is 406 g/mol. The number of anilines is 1. The van der Waals surface area contributed by atoms with Gasteiger partial charge in [-0.2, -0.15) is 0 Å². The molecule has 1 aliphatic heterocycles. The highest BCUT2D eigenvalue weighted by Crippen LogP contribution is 2.29. The Balaban J connectivity index is 1.35. The number of likely N-dealkylation sites (tertiary alicyclic amines) is 1. The molecule has 1 N–H and O–H groups in total. The summed E-state index contributed by atoms with van der Waals surface area (Å²) in [5.74, 6) is 0.952. The first-order valence-electron chi connectivity index (χ1n) is 11.0. The number of carbonyl (C=O) groups excluding carboxylic acids is 2. The quantitative estimate of drug-likeness (QED) is 0.746. The van der Waals surface area contributed by atoms with Gasteiger partial charge in [0.2, 0.25) is 5.91 Å². The molecule has 30 heavy (non-hydrogen) atoms. The molecular formula is C24H30N4O2. The molecule has 0 unspecified atom stereocenters. The molecule has 2 heterocycles. The van der Waals surface area contributed by atoms with Crippen LogP contribution in [0.4, 0.5) is 10.5 Å². The Morgan fingerprint density at radius 2 is 1.83 bits per heavy atom. The second-order valence-corrected chi connectivity index (χ2v) is 8.43. The minimum absolute atomic E-state index is 0.0179. The molecule has 3 amide bonds. The molecule has 1 saturated carbocycles. The van der Waals surface area contributed by atoms with Crippen LogP contribution in [0.25, 0.3) is 0 Å². The summed E-state index contributed by atoms with van der Waals surface area (Å²) < 4.78 is 0. The normalized spacial score (nSPS) is 16.9. The van der Waals surface area contributed by atoms with Crippen molar-refractivity contribution in [3.05, 3.63) is 60.4 Å². The molecule has 1 aliphatic carbocycles. The topological polar surface area (TPSA) is 65.5 Å². The van der Waals surface area contributed by atoms with E-state index in [0.717, 1.165) is 23.6 Å². The molecule has 2 aliphatic rings. The van der Waals surface area contributed by atoms with E-state index in [1.165, 1.54) is 25.7 Å². The first kappa shape index (κ1) is 20.4. The van der Waals surface area contributed by atoms with Gasteiger partial charge in [-0.1, -0.05) is 49.9 Å². The summed E-state index contributed by atoms with van der Waals surface area (Å²) in [6.07, 6.45) is 10.3. The van der Waals surface area contributed by atoms with Gasteiger partial charge in [-0.15, -0.1) is 0 Å². The predicted molar refractivity (Wildman–Crippen MR) is 117 cm³/mol. The number of nitrogens with one attached hydrogen (secondary N) is 1. The van der Waals surface area contributed by atoms with Crippen LogP contribution in [0.5, 0.6) is 0 Å². The van der Waals surface area contributed by atoms with Crippen molar-refractivity contribution in [1.82, 2.24) is 14.8 Å². The molecule has 4 rings (SSSR count). The average Bonchev–Trinajstić information content (AvgIpc) is 3.25. The minimum Gasteiger partial charge on any atom is -0.338 e. The Hall–Kier alpha value is -2.89. The minimum atomic E-state index is -0.145. The van der Waals surface area contributed by atoms with E-state index in [9.17, 15) is 9.59 Å². The van der Waals surface area contributed by atoms with Gasteiger partial charge in [0.25, 0.3) is 0 Å². The van der Waals surface area contributed by atoms with Crippen LogP contribution in [0, 0.1) is 5.92 Å². The summed E-state index contributed by atoms with van der Waals surface area (Å²) in [6.45, 7) is 1.68. The molecule has 6 nitrogen and oxygen atoms in total. The van der Waals surface area contributed by atoms with Gasteiger partial charge >= 0.3 is 6.03 Å². The lowest BCUT2D eigenvalue weighted by Gasteiger charge is -2.45. The number of amides is 3. The van der Waals surface area contributed by atoms with E-state index in [4.69, 9.17) is 0 Å². The molecule has 0 spiro atoms. The average molecular weight is 407 g/mol. The zero-order valence-electron chi connectivity index (χ0n) is 17.4. The fourth-order valence-electron chi connectivity index (χ4n) is 4.41. The lowest BCUT2D eigenvalue weighted by atomic mass is 9.99. The number of aromatic nitrogens is 1. The van der Waals surface area contributed by atoms with Crippen LogP contribution in [0.1, 0.15) is 44.1 Å². The predicted octanol–water partition coefficient (Wildman–Crippen LogP) is 4.30. The van der Waals surface area contributed by atoms with Crippen LogP contribution in [0.15, 0.2) is 54.9 Å². The molecule has 0 bridgehead atoms. The van der Waals surface area contributed by atoms with Crippen molar-refractivity contribution in [1.29, 1.82) is 0 Å². The van der Waals surface area contributed by atoms with Gasteiger partial charge in [0, 0.05) is 44.1 Å². The highest BCUT2D eigenvalue weighted by atomic mass is 16.2. The highest BCUT2D eigenvalue weighted by molar-refractivity contribution is 5.89. The number of pyridine rings is 1. The number of urea groups is 1. The van der Waals surface area contributed by atoms with E-state index in [2.05, 4.69) is 10.3 Å². The number of carbonyl (C=O) groups is 2. The van der Waals surface area contributed by atoms with E-state index in [-0.39, 0.29) is 18.0 Å². The maximum atomic E-state index is 13.0. The van der Waals surface area contributed by atoms with Crippen molar-refractivity contribution in [2.75, 3.05) is 18.4 Å². The van der Waals surface area contributed by atoms with E-state index < -0.39 is 0 Å². The fraction of sp³-hybridized carbons (Fsp3) is 0.458. The van der Waals surface area contributed by atoms with E-state index in [0.29, 0.717) is 26.1 Å². The molecular weight excluding hydrogens is 376 g/mol. The van der Waals surface area contributed by atoms with Crippen LogP contribution in [-0.2, 0) is 11.3 Å². The summed E-state index contributed by atoms with van der Waals surface area (Å²) >= 11 is 0. The lowest BCUT2D eigenvalue weighted by molar-refractivity contribution is -0.138. The first-order valence-corrected chi connectivity index (χ1v) is 11.0. The van der Waals surface area contributed by atoms with Crippen molar-refractivity contribution >= 4 is 17.6 Å². The number of hydrogen-bond donors (Lipinski definition) is 1. The van der Waals surface area contributed by atoms with Crippen LogP contribution in [-0.4, -0.2) is 45.9 Å². The van der Waals surface area contributed by atoms with Crippen molar-refractivity contribution in [3.8, 4) is 0 Å². The van der Waals surface area contributed by atoms with E-state index in [1.54, 1.807) is 12.4 Å². The maximum absolute atomic E-state index is 13.0. The van der Waals surface area contributed by atoms with E-state index in [1.807, 2.05) is 52.3 Å². The SMILES string of the molecule is O=C(CCC1CCCC1)N1CC(N(Cc2cccnc2)C(=O)Nc2ccccc2)C1. The number of para-hydroxylation sites is 1. The molecule has 2 aromatic rings. The summed E-state index contributed by atoms with van der Waals surface area (Å²) in [7, 11) is 0. The Morgan fingerprint density at radius 3 is 2.53 bits per heavy atom. The molecule has 0 radical (unpaired) electrons. The van der Waals surface area contributed by atoms with Gasteiger partial charge in [-0.25, -0.2) is 4.79 Å². The zero-order chi connectivity index (χ0) is 20.8. The first-order chi connectivity index (χ1) is 14.7. The van der Waals surface area contributed by atoms with Gasteiger partial charge in [-0.3, -0.25) is 9.78 Å². The van der Waals surface area contributed by atoms with Gasteiger partial charge in [0.1, 0.15) is 0 Å². The number of hydrogen-bond acceptors (Lipinski definition) is 3. The van der Waals surface area contributed by atoms with Crippen molar-refractivity contribution < 1.29 is 9.59 Å². The smallest absolute Gasteiger partial charge is 0.322 e. The fourth-order valence-corrected chi connectivity index (χ4v) is 4.41. The third kappa shape index (κ3) is 5.17. The number of nitrogens with zero attached hydrogens (tertiary/aromatic N) is 3. The van der Waals surface area contributed by atoms with Crippen molar-refractivity contribution in [2.45, 2.75) is 51.1 Å². The van der Waals surface area contributed by atoms with Crippen molar-refractivity contribution in [2.24, 2.45) is 5.92 Å². The summed E-state index contributed by atoms with van der Waals surface area (Å²) in [5.41, 5.74) is 1.74. The Labute approximate surface area is 178 Å². The molecule has 0 atom stereocenters. The highest BCUT2D eigenvalue weighted by Gasteiger charge is 2.37. The van der Waals surface area contributed by atoms with Gasteiger partial charge in [0.05, 0.1) is 6.04 Å². The Bertz CT molecular complexity index is 831. The molecule has 1 saturated heterocycles. The third-order valence-corrected chi connectivity index (χ3v) is 6.26. The molecule has 2 fully saturated rings. The van der Waals surface area contributed by atoms with Crippen LogP contribution >= 0.6 is 0 Å². The molecule has 158 valence electrons. The summed E-state index contributed by atoms with van der Waals surface area (Å²) in [4.78, 5) is 33.5.